The van der Waals surface area contributed by atoms with Crippen molar-refractivity contribution in [2.75, 3.05) is 32.1 Å². The first-order chi connectivity index (χ1) is 61.8. The largest absolute Gasteiger partial charge is 0.507 e. The van der Waals surface area contributed by atoms with Crippen LogP contribution in [-0.2, 0) is 63.9 Å². The first-order valence-corrected chi connectivity index (χ1v) is 44.6. The predicted molar refractivity (Wildman–Crippen MR) is 467 cm³/mol. The van der Waals surface area contributed by atoms with E-state index in [0.717, 1.165) is 62.4 Å². The molecule has 0 aromatic heterocycles. The molecule has 15 bridgehead atoms. The monoisotopic (exact) mass is 1840 g/mol. The van der Waals surface area contributed by atoms with Gasteiger partial charge in [0, 0.05) is 86.9 Å². The van der Waals surface area contributed by atoms with E-state index >= 15 is 28.8 Å². The van der Waals surface area contributed by atoms with Crippen molar-refractivity contribution in [2.45, 2.75) is 222 Å². The topological polar surface area (TPSA) is 540 Å². The molecule has 7 heterocycles. The molecule has 17 rings (SSSR count). The lowest BCUT2D eigenvalue weighted by Gasteiger charge is -2.54. The smallest absolute Gasteiger partial charge is 0.325 e. The van der Waals surface area contributed by atoms with Crippen LogP contribution in [0.4, 0.5) is 10.5 Å². The molecular weight excluding hydrogens is 1730 g/mol. The number of carbonyl (C=O) groups is 10. The number of rotatable bonds is 22. The van der Waals surface area contributed by atoms with Gasteiger partial charge in [0.15, 0.2) is 41.2 Å². The maximum absolute atomic E-state index is 16.9. The first-order valence-electron chi connectivity index (χ1n) is 43.8. The maximum atomic E-state index is 16.9. The minimum atomic E-state index is -2.29. The number of fused-ring (bicyclic) bond motifs is 15. The lowest BCUT2D eigenvalue weighted by molar-refractivity contribution is -0.333. The van der Waals surface area contributed by atoms with Crippen LogP contribution in [0.25, 0.3) is 11.1 Å². The van der Waals surface area contributed by atoms with Gasteiger partial charge < -0.3 is 122 Å². The fourth-order valence-electron chi connectivity index (χ4n) is 19.8. The number of imide groups is 1. The molecule has 7 aliphatic heterocycles. The van der Waals surface area contributed by atoms with Gasteiger partial charge in [0.1, 0.15) is 89.2 Å². The second-order valence-electron chi connectivity index (χ2n) is 36.2. The molecule has 2 saturated heterocycles. The number of halogens is 2. The van der Waals surface area contributed by atoms with E-state index in [4.69, 9.17) is 62.1 Å². The number of anilines is 1. The van der Waals surface area contributed by atoms with Crippen LogP contribution in [0.2, 0.25) is 10.0 Å². The summed E-state index contributed by atoms with van der Waals surface area (Å²) in [7, 11) is 1.42. The zero-order chi connectivity index (χ0) is 93.3. The second-order valence-corrected chi connectivity index (χ2v) is 37.0. The Morgan fingerprint density at radius 3 is 1.95 bits per heavy atom. The molecule has 35 nitrogen and oxygen atoms in total. The molecule has 37 heteroatoms. The molecule has 698 valence electrons. The number of aromatic hydroxyl groups is 3. The summed E-state index contributed by atoms with van der Waals surface area (Å²) >= 11 is 14.6. The van der Waals surface area contributed by atoms with Gasteiger partial charge in [-0.05, 0) is 201 Å². The SMILES string of the molecule is CC[C@H](CC(C)C)C(=O)N[C@H]1C(=O)C[C@@H](CC(=O)NC(=O)Nc2ccc(OC)cc2)C(=O)N[C@H]2C(=O)C[C@H]3C(=O)N[C@H](C(=O)N[C@H](C(=O)CC4C5CC6CC(C5)CC4C6)c4cc(O)c(CNCCNC(C)=O)c(O)c4-c4cc3ccc4O)[C@H](O)c3ccc(c(Cl)c3)Oc3cc2cc(c3O[C@@H]2O[C@H](CO)[C@@H](O)[C@H](O)[C@H]2O[C@H]2C[C@](C)(N)[C@H](O)[C@H](C)O2)Oc2ccc(cc2Cl)[C@H]1O. The van der Waals surface area contributed by atoms with Crippen molar-refractivity contribution in [2.24, 2.45) is 53.1 Å². The number of urea groups is 1. The molecule has 0 radical (unpaired) electrons. The average Bonchev–Trinajstić information content (AvgIpc) is 0.749. The van der Waals surface area contributed by atoms with E-state index in [2.05, 4.69) is 42.5 Å². The van der Waals surface area contributed by atoms with Crippen LogP contribution in [0.3, 0.4) is 0 Å². The molecule has 0 unspecified atom stereocenters. The maximum Gasteiger partial charge on any atom is 0.325 e. The summed E-state index contributed by atoms with van der Waals surface area (Å²) in [5.74, 6) is -16.9. The van der Waals surface area contributed by atoms with Gasteiger partial charge in [-0.15, -0.1) is 0 Å². The van der Waals surface area contributed by atoms with E-state index in [1.54, 1.807) is 6.92 Å². The number of amides is 8. The number of benzene rings is 6. The number of methoxy groups -OCH3 is 1. The van der Waals surface area contributed by atoms with Crippen molar-refractivity contribution >= 4 is 87.7 Å². The van der Waals surface area contributed by atoms with Gasteiger partial charge in [-0.3, -0.25) is 48.5 Å². The minimum Gasteiger partial charge on any atom is -0.507 e. The molecule has 0 spiro atoms. The summed E-state index contributed by atoms with van der Waals surface area (Å²) in [6.45, 7) is 8.69. The molecule has 11 aliphatic rings. The Balaban J connectivity index is 0.978. The summed E-state index contributed by atoms with van der Waals surface area (Å²) in [6, 6.07) is 10.7. The van der Waals surface area contributed by atoms with Gasteiger partial charge in [-0.25, -0.2) is 4.79 Å². The molecule has 6 aromatic rings. The van der Waals surface area contributed by atoms with E-state index in [-0.39, 0.29) is 130 Å². The molecule has 130 heavy (non-hydrogen) atoms. The van der Waals surface area contributed by atoms with E-state index in [1.807, 2.05) is 13.8 Å². The van der Waals surface area contributed by atoms with Crippen LogP contribution < -0.4 is 67.2 Å². The van der Waals surface area contributed by atoms with E-state index in [1.165, 1.54) is 94.6 Å². The number of phenols is 3. The fraction of sp³-hybridized carbons (Fsp3) is 0.505. The quantitative estimate of drug-likeness (QED) is 0.0291. The number of nitrogens with two attached hydrogens (primary N) is 1. The fourth-order valence-corrected chi connectivity index (χ4v) is 20.3. The number of aliphatic hydroxyl groups excluding tert-OH is 6. The Kier molecular flexibility index (Phi) is 29.5. The van der Waals surface area contributed by atoms with Crippen molar-refractivity contribution in [3.05, 3.63) is 140 Å². The number of carbonyl (C=O) groups excluding carboxylic acids is 10. The van der Waals surface area contributed by atoms with E-state index in [9.17, 15) is 65.1 Å². The van der Waals surface area contributed by atoms with E-state index < -0.39 is 233 Å². The average molecular weight is 1840 g/mol. The van der Waals surface area contributed by atoms with Crippen LogP contribution in [0.1, 0.15) is 182 Å². The van der Waals surface area contributed by atoms with Crippen molar-refractivity contribution in [1.29, 1.82) is 0 Å². The minimum absolute atomic E-state index is 0.0660. The van der Waals surface area contributed by atoms with Crippen LogP contribution in [0.5, 0.6) is 51.7 Å². The highest BCUT2D eigenvalue weighted by Gasteiger charge is 2.54. The predicted octanol–water partition coefficient (Wildman–Crippen LogP) is 7.56. The first kappa shape index (κ1) is 95.4. The number of hydrogen-bond donors (Lipinski definition) is 18. The second kappa shape index (κ2) is 40.2. The van der Waals surface area contributed by atoms with Crippen molar-refractivity contribution in [3.8, 4) is 62.9 Å². The number of Topliss-reactive ketones (excluding diaryl/α,β-unsaturated/α-hetero) is 3. The Bertz CT molecular complexity index is 5280. The normalized spacial score (nSPS) is 29.7. The van der Waals surface area contributed by atoms with Crippen LogP contribution in [0, 0.1) is 47.3 Å². The van der Waals surface area contributed by atoms with Crippen molar-refractivity contribution in [3.63, 3.8) is 0 Å². The molecule has 19 N–H and O–H groups in total. The van der Waals surface area contributed by atoms with Crippen LogP contribution in [0.15, 0.2) is 97.1 Å². The number of ether oxygens (including phenoxy) is 7. The molecule has 8 amide bonds. The Labute approximate surface area is 758 Å². The highest BCUT2D eigenvalue weighted by molar-refractivity contribution is 6.32. The highest BCUT2D eigenvalue weighted by Crippen LogP contribution is 2.59. The molecule has 4 aliphatic carbocycles. The third-order valence-electron chi connectivity index (χ3n) is 26.4. The summed E-state index contributed by atoms with van der Waals surface area (Å²) in [5.41, 5.74) is 3.25. The number of nitrogens with one attached hydrogen (secondary N) is 8. The van der Waals surface area contributed by atoms with Gasteiger partial charge in [-0.2, -0.15) is 0 Å². The summed E-state index contributed by atoms with van der Waals surface area (Å²) < 4.78 is 44.6. The zero-order valence-corrected chi connectivity index (χ0v) is 74.1. The molecule has 18 atom stereocenters. The number of phenolic OH excluding ortho intramolecular Hbond substituents is 3. The summed E-state index contributed by atoms with van der Waals surface area (Å²) in [5, 5.41) is 130. The number of hydrogen-bond acceptors (Lipinski definition) is 28. The van der Waals surface area contributed by atoms with Gasteiger partial charge in [-0.1, -0.05) is 62.2 Å². The Morgan fingerprint density at radius 1 is 0.700 bits per heavy atom. The standard InChI is InChI=1S/C93H111Cl2N9O26/c1-8-45(21-40(2)3)87(119)103-77-64(109)30-52(33-72(112)100-92(123)99-53-12-14-54(124-7)15-13-53)88(120)101-75-51-31-69(126-67-17-10-47(79(77)113)28-60(67)94)84(130-91-85(83(117)82(116)71(39-105)128-91)129-73-37-93(6,96)86(118)41(4)125-73)70(32-51)127-68-18-11-48(29-61(68)95)80(114)78-90(122)102-76(66(111)34-55-49-23-43-22-44(25-49)26-50(55)24-43)58-36-63(108)59(38-97-19-20-98-42(5)106)81(115)74(58)57-27-46(9-16-62(57)107)56(35-65(75)110)89(121)104-78/h9-18,27-29,31-32,36,40-41,43-45,49-50,52,55-56,71,73,75-80,82-83,85-86,91,97,105,107-108,113-118H,8,19-26,30,33-35,37-39,96H2,1-7H3,(H,98,106)(H,101,120)(H,102,122)(H,103,119)(H,104,121)(H2,99,100,112,123)/t41-,43?,44?,45+,49?,50?,52-,55?,56+,71+,73-,75+,76-,77-,78-,79+,80+,82+,83-,85+,86+,91-,93-/m0/s1. The van der Waals surface area contributed by atoms with Gasteiger partial charge in [0.2, 0.25) is 47.5 Å². The lowest BCUT2D eigenvalue weighted by atomic mass is 9.51. The van der Waals surface area contributed by atoms with Crippen LogP contribution >= 0.6 is 23.2 Å². The number of aliphatic hydroxyl groups is 6. The molecule has 6 fully saturated rings. The van der Waals surface area contributed by atoms with E-state index in [0.29, 0.717) is 24.0 Å². The van der Waals surface area contributed by atoms with Gasteiger partial charge in [0.05, 0.1) is 53.4 Å². The molecule has 4 saturated carbocycles. The van der Waals surface area contributed by atoms with Crippen LogP contribution in [-0.4, -0.2) is 198 Å². The summed E-state index contributed by atoms with van der Waals surface area (Å²) in [6.07, 6.45) is -16.1. The highest BCUT2D eigenvalue weighted by atomic mass is 35.5. The number of ketones is 3. The van der Waals surface area contributed by atoms with Gasteiger partial charge >= 0.3 is 6.03 Å². The third kappa shape index (κ3) is 21.0. The Morgan fingerprint density at radius 2 is 1.35 bits per heavy atom. The Hall–Kier alpha value is -10.6. The van der Waals surface area contributed by atoms with Crippen molar-refractivity contribution < 1.29 is 127 Å². The zero-order valence-electron chi connectivity index (χ0n) is 72.6. The van der Waals surface area contributed by atoms with Crippen molar-refractivity contribution in [1.82, 2.24) is 37.2 Å². The molecular formula is C93H111Cl2N9O26. The third-order valence-corrected chi connectivity index (χ3v) is 27.0. The summed E-state index contributed by atoms with van der Waals surface area (Å²) in [4.78, 5) is 152. The van der Waals surface area contributed by atoms with Gasteiger partial charge in [0.25, 0.3) is 0 Å². The lowest BCUT2D eigenvalue weighted by Crippen LogP contribution is -2.64. The molecule has 6 aromatic carbocycles.